The van der Waals surface area contributed by atoms with E-state index >= 15 is 0 Å². The molecule has 1 aromatic rings. The highest BCUT2D eigenvalue weighted by molar-refractivity contribution is 5.97. The molecule has 6 heteroatoms. The standard InChI is InChI=1S/C12H19N3O3/c1-4-18-12(16)9-5-6-14-11(10(9)13)15(2)7-8-17-3/h5-6H,4,7-8,13H2,1-3H3. The lowest BCUT2D eigenvalue weighted by Crippen LogP contribution is -2.25. The van der Waals surface area contributed by atoms with Gasteiger partial charge in [0.05, 0.1) is 24.5 Å². The molecule has 1 heterocycles. The van der Waals surface area contributed by atoms with Gasteiger partial charge in [0.1, 0.15) is 0 Å². The van der Waals surface area contributed by atoms with E-state index in [9.17, 15) is 4.79 Å². The van der Waals surface area contributed by atoms with Gasteiger partial charge < -0.3 is 20.1 Å². The lowest BCUT2D eigenvalue weighted by atomic mass is 10.2. The summed E-state index contributed by atoms with van der Waals surface area (Å²) in [5.41, 5.74) is 6.61. The van der Waals surface area contributed by atoms with Crippen molar-refractivity contribution in [1.29, 1.82) is 0 Å². The normalized spacial score (nSPS) is 10.2. The van der Waals surface area contributed by atoms with Crippen molar-refractivity contribution in [3.05, 3.63) is 17.8 Å². The van der Waals surface area contributed by atoms with Gasteiger partial charge in [-0.2, -0.15) is 0 Å². The van der Waals surface area contributed by atoms with Crippen LogP contribution in [0.25, 0.3) is 0 Å². The molecule has 0 radical (unpaired) electrons. The molecule has 0 saturated carbocycles. The Morgan fingerprint density at radius 1 is 1.56 bits per heavy atom. The molecule has 1 aromatic heterocycles. The zero-order chi connectivity index (χ0) is 13.5. The number of carbonyl (C=O) groups excluding carboxylic acids is 1. The summed E-state index contributed by atoms with van der Waals surface area (Å²) in [5.74, 6) is 0.122. The van der Waals surface area contributed by atoms with Crippen molar-refractivity contribution in [3.8, 4) is 0 Å². The Bertz CT molecular complexity index is 410. The fraction of sp³-hybridized carbons (Fsp3) is 0.500. The van der Waals surface area contributed by atoms with Gasteiger partial charge in [-0.05, 0) is 13.0 Å². The van der Waals surface area contributed by atoms with Gasteiger partial charge in [-0.15, -0.1) is 0 Å². The number of anilines is 2. The molecular formula is C12H19N3O3. The number of likely N-dealkylation sites (N-methyl/N-ethyl adjacent to an activating group) is 1. The van der Waals surface area contributed by atoms with Crippen molar-refractivity contribution in [3.63, 3.8) is 0 Å². The van der Waals surface area contributed by atoms with Gasteiger partial charge in [-0.3, -0.25) is 0 Å². The van der Waals surface area contributed by atoms with Crippen LogP contribution in [-0.4, -0.2) is 44.9 Å². The summed E-state index contributed by atoms with van der Waals surface area (Å²) in [7, 11) is 3.46. The number of nitrogens with two attached hydrogens (primary N) is 1. The minimum atomic E-state index is -0.432. The van der Waals surface area contributed by atoms with E-state index in [1.165, 1.54) is 0 Å². The number of methoxy groups -OCH3 is 1. The molecule has 0 aliphatic rings. The molecule has 0 fully saturated rings. The zero-order valence-corrected chi connectivity index (χ0v) is 11.0. The Hall–Kier alpha value is -1.82. The summed E-state index contributed by atoms with van der Waals surface area (Å²) in [5, 5.41) is 0. The van der Waals surface area contributed by atoms with Crippen LogP contribution in [-0.2, 0) is 9.47 Å². The first-order valence-electron chi connectivity index (χ1n) is 5.73. The second kappa shape index (κ2) is 6.80. The number of rotatable bonds is 6. The highest BCUT2D eigenvalue weighted by Crippen LogP contribution is 2.23. The summed E-state index contributed by atoms with van der Waals surface area (Å²) in [6, 6.07) is 1.56. The molecule has 0 saturated heterocycles. The van der Waals surface area contributed by atoms with Crippen LogP contribution in [0.4, 0.5) is 11.5 Å². The molecule has 0 aromatic carbocycles. The molecule has 0 aliphatic carbocycles. The number of hydrogen-bond donors (Lipinski definition) is 1. The molecule has 0 atom stereocenters. The van der Waals surface area contributed by atoms with Crippen molar-refractivity contribution in [2.75, 3.05) is 44.5 Å². The number of pyridine rings is 1. The minimum Gasteiger partial charge on any atom is -0.462 e. The fourth-order valence-electron chi connectivity index (χ4n) is 1.49. The highest BCUT2D eigenvalue weighted by atomic mass is 16.5. The van der Waals surface area contributed by atoms with Gasteiger partial charge in [0, 0.05) is 26.9 Å². The maximum atomic E-state index is 11.7. The molecule has 6 nitrogen and oxygen atoms in total. The largest absolute Gasteiger partial charge is 0.462 e. The quantitative estimate of drug-likeness (QED) is 0.760. The average Bonchev–Trinajstić information content (AvgIpc) is 2.36. The third-order valence-corrected chi connectivity index (χ3v) is 2.46. The second-order valence-electron chi connectivity index (χ2n) is 3.73. The second-order valence-corrected chi connectivity index (χ2v) is 3.73. The van der Waals surface area contributed by atoms with E-state index < -0.39 is 5.97 Å². The van der Waals surface area contributed by atoms with Crippen LogP contribution in [0.5, 0.6) is 0 Å². The van der Waals surface area contributed by atoms with Crippen molar-refractivity contribution in [1.82, 2.24) is 4.98 Å². The number of nitrogen functional groups attached to an aromatic ring is 1. The van der Waals surface area contributed by atoms with Crippen molar-refractivity contribution < 1.29 is 14.3 Å². The van der Waals surface area contributed by atoms with Gasteiger partial charge in [-0.1, -0.05) is 0 Å². The smallest absolute Gasteiger partial charge is 0.340 e. The van der Waals surface area contributed by atoms with Crippen molar-refractivity contribution in [2.24, 2.45) is 0 Å². The van der Waals surface area contributed by atoms with Gasteiger partial charge in [0.2, 0.25) is 0 Å². The molecule has 1 rings (SSSR count). The number of nitrogens with zero attached hydrogens (tertiary/aromatic N) is 2. The molecular weight excluding hydrogens is 234 g/mol. The highest BCUT2D eigenvalue weighted by Gasteiger charge is 2.16. The van der Waals surface area contributed by atoms with E-state index in [1.807, 2.05) is 11.9 Å². The van der Waals surface area contributed by atoms with Crippen LogP contribution in [0.15, 0.2) is 12.3 Å². The summed E-state index contributed by atoms with van der Waals surface area (Å²) >= 11 is 0. The number of aromatic nitrogens is 1. The SMILES string of the molecule is CCOC(=O)c1ccnc(N(C)CCOC)c1N. The Labute approximate surface area is 107 Å². The molecule has 0 bridgehead atoms. The molecule has 0 unspecified atom stereocenters. The van der Waals surface area contributed by atoms with Crippen LogP contribution >= 0.6 is 0 Å². The lowest BCUT2D eigenvalue weighted by molar-refractivity contribution is 0.0527. The predicted molar refractivity (Wildman–Crippen MR) is 69.8 cm³/mol. The van der Waals surface area contributed by atoms with Crippen molar-refractivity contribution >= 4 is 17.5 Å². The first-order valence-corrected chi connectivity index (χ1v) is 5.73. The first-order chi connectivity index (χ1) is 8.61. The molecule has 0 aliphatic heterocycles. The number of ether oxygens (including phenoxy) is 2. The van der Waals surface area contributed by atoms with E-state index in [1.54, 1.807) is 26.3 Å². The summed E-state index contributed by atoms with van der Waals surface area (Å²) < 4.78 is 9.92. The average molecular weight is 253 g/mol. The predicted octanol–water partition coefficient (Wildman–Crippen LogP) is 0.923. The van der Waals surface area contributed by atoms with E-state index in [0.29, 0.717) is 36.8 Å². The van der Waals surface area contributed by atoms with Gasteiger partial charge >= 0.3 is 5.97 Å². The van der Waals surface area contributed by atoms with Gasteiger partial charge in [0.25, 0.3) is 0 Å². The summed E-state index contributed by atoms with van der Waals surface area (Å²) in [6.45, 7) is 3.26. The van der Waals surface area contributed by atoms with Crippen LogP contribution < -0.4 is 10.6 Å². The van der Waals surface area contributed by atoms with Crippen LogP contribution in [0, 0.1) is 0 Å². The van der Waals surface area contributed by atoms with Gasteiger partial charge in [0.15, 0.2) is 5.82 Å². The van der Waals surface area contributed by atoms with E-state index in [4.69, 9.17) is 15.2 Å². The molecule has 18 heavy (non-hydrogen) atoms. The Kier molecular flexibility index (Phi) is 5.38. The number of carbonyl (C=O) groups is 1. The fourth-order valence-corrected chi connectivity index (χ4v) is 1.49. The summed E-state index contributed by atoms with van der Waals surface area (Å²) in [4.78, 5) is 17.7. The maximum Gasteiger partial charge on any atom is 0.340 e. The van der Waals surface area contributed by atoms with E-state index in [0.717, 1.165) is 0 Å². The monoisotopic (exact) mass is 253 g/mol. The zero-order valence-electron chi connectivity index (χ0n) is 11.0. The van der Waals surface area contributed by atoms with E-state index in [2.05, 4.69) is 4.98 Å². The Morgan fingerprint density at radius 2 is 2.28 bits per heavy atom. The summed E-state index contributed by atoms with van der Waals surface area (Å²) in [6.07, 6.45) is 1.54. The van der Waals surface area contributed by atoms with Crippen LogP contribution in [0.2, 0.25) is 0 Å². The van der Waals surface area contributed by atoms with Crippen LogP contribution in [0.1, 0.15) is 17.3 Å². The van der Waals surface area contributed by atoms with Crippen LogP contribution in [0.3, 0.4) is 0 Å². The third-order valence-electron chi connectivity index (χ3n) is 2.46. The Morgan fingerprint density at radius 3 is 2.89 bits per heavy atom. The lowest BCUT2D eigenvalue weighted by Gasteiger charge is -2.20. The number of hydrogen-bond acceptors (Lipinski definition) is 6. The first kappa shape index (κ1) is 14.2. The molecule has 0 spiro atoms. The number of esters is 1. The molecule has 100 valence electrons. The third kappa shape index (κ3) is 3.33. The van der Waals surface area contributed by atoms with E-state index in [-0.39, 0.29) is 0 Å². The van der Waals surface area contributed by atoms with Gasteiger partial charge in [-0.25, -0.2) is 9.78 Å². The molecule has 0 amide bonds. The van der Waals surface area contributed by atoms with Crippen molar-refractivity contribution in [2.45, 2.75) is 6.92 Å². The Balaban J connectivity index is 2.94. The topological polar surface area (TPSA) is 77.7 Å². The maximum absolute atomic E-state index is 11.7. The molecule has 2 N–H and O–H groups in total. The minimum absolute atomic E-state index is 0.315.